The summed E-state index contributed by atoms with van der Waals surface area (Å²) in [6.45, 7) is 29.8. The van der Waals surface area contributed by atoms with Gasteiger partial charge in [-0.05, 0) is 313 Å². The van der Waals surface area contributed by atoms with Gasteiger partial charge in [0, 0.05) is 5.56 Å². The molecular formula is C123H113NO9. The molecule has 0 atom stereocenters. The van der Waals surface area contributed by atoms with Crippen LogP contribution in [0.2, 0.25) is 0 Å². The smallest absolute Gasteiger partial charge is 0.252 e. The van der Waals surface area contributed by atoms with E-state index in [2.05, 4.69) is 282 Å². The Hall–Kier alpha value is -16.0. The Labute approximate surface area is 784 Å². The molecule has 0 saturated carbocycles. The van der Waals surface area contributed by atoms with Crippen molar-refractivity contribution in [2.75, 3.05) is 28.4 Å². The van der Waals surface area contributed by atoms with E-state index < -0.39 is 5.91 Å². The first-order valence-corrected chi connectivity index (χ1v) is 44.5. The van der Waals surface area contributed by atoms with E-state index in [9.17, 15) is 9.90 Å². The number of ether oxygens (including phenoxy) is 7. The monoisotopic (exact) mass is 1750 g/mol. The van der Waals surface area contributed by atoms with E-state index >= 15 is 0 Å². The number of primary amides is 1. The molecule has 15 aromatic rings. The zero-order chi connectivity index (χ0) is 93.5. The number of aliphatic hydroxyl groups excluding tert-OH is 1. The molecule has 0 bridgehead atoms. The van der Waals surface area contributed by atoms with Crippen LogP contribution in [0.15, 0.2) is 422 Å². The number of methoxy groups -OCH3 is 4. The summed E-state index contributed by atoms with van der Waals surface area (Å²) in [4.78, 5) is 12.3. The fourth-order valence-corrected chi connectivity index (χ4v) is 16.9. The molecule has 3 N–H and O–H groups in total. The number of carbonyl (C=O) groups excluding carboxylic acids is 1. The fourth-order valence-electron chi connectivity index (χ4n) is 16.9. The van der Waals surface area contributed by atoms with Gasteiger partial charge in [-0.1, -0.05) is 279 Å². The number of rotatable bonds is 36. The molecule has 10 heteroatoms. The van der Waals surface area contributed by atoms with Crippen molar-refractivity contribution in [1.82, 2.24) is 0 Å². The van der Waals surface area contributed by atoms with Crippen molar-refractivity contribution < 1.29 is 43.1 Å². The average molecular weight is 1750 g/mol. The first-order chi connectivity index (χ1) is 65.1. The van der Waals surface area contributed by atoms with Crippen LogP contribution in [0, 0.1) is 20.8 Å². The van der Waals surface area contributed by atoms with Crippen LogP contribution in [-0.2, 0) is 45.1 Å². The van der Waals surface area contributed by atoms with Crippen LogP contribution in [0.1, 0.15) is 133 Å². The van der Waals surface area contributed by atoms with Crippen molar-refractivity contribution >= 4 is 39.3 Å². The minimum Gasteiger partial charge on any atom is -0.496 e. The lowest BCUT2D eigenvalue weighted by Gasteiger charge is -2.21. The van der Waals surface area contributed by atoms with E-state index in [1.165, 1.54) is 0 Å². The highest BCUT2D eigenvalue weighted by molar-refractivity contribution is 6.07. The molecule has 0 heterocycles. The fraction of sp³-hybridized carbons (Fsp3) is 0.114. The number of aliphatic hydroxyl groups is 1. The molecule has 664 valence electrons. The van der Waals surface area contributed by atoms with Gasteiger partial charge in [0.2, 0.25) is 0 Å². The normalized spacial score (nSPS) is 11.4. The van der Waals surface area contributed by atoms with Crippen molar-refractivity contribution in [1.29, 1.82) is 0 Å². The third kappa shape index (κ3) is 23.2. The zero-order valence-corrected chi connectivity index (χ0v) is 76.9. The summed E-state index contributed by atoms with van der Waals surface area (Å²) < 4.78 is 41.8. The highest BCUT2D eigenvalue weighted by atomic mass is 16.5. The number of allylic oxidation sites excluding steroid dienone is 6. The quantitative estimate of drug-likeness (QED) is 0.0291. The first-order valence-electron chi connectivity index (χ1n) is 44.5. The molecule has 0 aliphatic carbocycles. The van der Waals surface area contributed by atoms with Crippen LogP contribution < -0.4 is 38.9 Å². The van der Waals surface area contributed by atoms with Crippen LogP contribution >= 0.6 is 0 Å². The first kappa shape index (κ1) is 94.6. The minimum absolute atomic E-state index is 0.0894. The standard InChI is InChI=1S/C41H37NO3.2C41H38O3/c1-5-14-31-26-33(22-24-35(31)44-4)39(29-17-9-7-10-18-29)40(30-19-11-8-12-20-30)34-23-25-36(32(27-34)15-6-2)45-37-21-13-16-28(3)38(37)41(42)43;1-6-14-32-27-34(20-23-38(32)43-5)40(30-16-10-8-11-17-30)41(31-18-12-9-13-19-31)35-21-24-39(33(28-35)15-7-2)44-36-22-25-37(42-4)29(3)26-36;1-5-14-32-26-34(22-24-37(32)43-4)40(30-17-9-7-10-18-30)41(31-19-11-8-12-20-31)35-23-25-38(33(27-35)15-6-2)44-39-21-13-16-29(3)36(39)28-42/h5-13,16-27H,1-2,14-15H2,3-4H3,(H2,42,43);6-13,16-28H,1-2,14-15H2,3-5H3;5-13,16-27,42H,1-2,14-15,28H2,3-4H3/b40-39-;2*41-40-. The topological polar surface area (TPSA) is 128 Å². The molecule has 0 fully saturated rings. The molecule has 1 amide bonds. The van der Waals surface area contributed by atoms with E-state index in [1.807, 2.05) is 154 Å². The Kier molecular flexibility index (Phi) is 33.3. The molecule has 133 heavy (non-hydrogen) atoms. The van der Waals surface area contributed by atoms with Gasteiger partial charge in [-0.3, -0.25) is 4.79 Å². The van der Waals surface area contributed by atoms with E-state index in [0.29, 0.717) is 61.3 Å². The lowest BCUT2D eigenvalue weighted by molar-refractivity contribution is 0.0997. The number of nitrogens with two attached hydrogens (primary N) is 1. The predicted molar refractivity (Wildman–Crippen MR) is 550 cm³/mol. The zero-order valence-electron chi connectivity index (χ0n) is 76.9. The number of carbonyl (C=O) groups is 1. The summed E-state index contributed by atoms with van der Waals surface area (Å²) >= 11 is 0. The Bertz CT molecular complexity index is 6720. The maximum absolute atomic E-state index is 12.3. The van der Waals surface area contributed by atoms with Crippen molar-refractivity contribution in [2.45, 2.75) is 65.9 Å². The third-order valence-electron chi connectivity index (χ3n) is 23.1. The molecule has 0 aromatic heterocycles. The van der Waals surface area contributed by atoms with Crippen molar-refractivity contribution in [3.63, 3.8) is 0 Å². The number of benzene rings is 15. The van der Waals surface area contributed by atoms with E-state index in [1.54, 1.807) is 34.5 Å². The lowest BCUT2D eigenvalue weighted by Crippen LogP contribution is -2.14. The summed E-state index contributed by atoms with van der Waals surface area (Å²) in [5.74, 6) is 6.85. The van der Waals surface area contributed by atoms with Crippen LogP contribution in [0.25, 0.3) is 33.4 Å². The van der Waals surface area contributed by atoms with Crippen LogP contribution in [0.5, 0.6) is 57.5 Å². The maximum atomic E-state index is 12.3. The Balaban J connectivity index is 0.000000169. The predicted octanol–water partition coefficient (Wildman–Crippen LogP) is 29.4. The second kappa shape index (κ2) is 46.8. The second-order valence-corrected chi connectivity index (χ2v) is 31.9. The SMILES string of the molecule is C=CCc1cc(/C(=C(/c2ccccc2)c2ccc(Oc3ccc(OC)c(C)c3)c(CC=C)c2)c2ccccc2)ccc1OC.C=CCc1cc(/C(=C(/c2ccccc2)c2ccc(Oc3cccc(C)c3C(N)=O)c(CC=C)c2)c2ccccc2)ccc1OC.C=CCc1cc(/C(=C(/c2ccccc2)c2ccc(Oc3cccc(C)c3CO)c(CC=C)c2)c2ccccc2)ccc1OC. The molecule has 0 saturated heterocycles. The van der Waals surface area contributed by atoms with Crippen LogP contribution in [0.3, 0.4) is 0 Å². The number of hydrogen-bond acceptors (Lipinski definition) is 9. The largest absolute Gasteiger partial charge is 0.496 e. The summed E-state index contributed by atoms with van der Waals surface area (Å²) in [5, 5.41) is 10.0. The second-order valence-electron chi connectivity index (χ2n) is 31.9. The van der Waals surface area contributed by atoms with Gasteiger partial charge in [0.25, 0.3) is 5.91 Å². The highest BCUT2D eigenvalue weighted by Gasteiger charge is 2.26. The molecule has 10 nitrogen and oxygen atoms in total. The van der Waals surface area contributed by atoms with Gasteiger partial charge in [-0.15, -0.1) is 39.5 Å². The molecule has 0 aliphatic rings. The van der Waals surface area contributed by atoms with Crippen molar-refractivity contribution in [3.8, 4) is 57.5 Å². The summed E-state index contributed by atoms with van der Waals surface area (Å²) in [5.41, 5.74) is 35.6. The Morgan fingerprint density at radius 2 is 0.504 bits per heavy atom. The third-order valence-corrected chi connectivity index (χ3v) is 23.1. The molecule has 15 aromatic carbocycles. The molecule has 0 spiro atoms. The Morgan fingerprint density at radius 1 is 0.256 bits per heavy atom. The van der Waals surface area contributed by atoms with Crippen molar-refractivity contribution in [2.24, 2.45) is 5.73 Å². The van der Waals surface area contributed by atoms with Crippen LogP contribution in [0.4, 0.5) is 0 Å². The van der Waals surface area contributed by atoms with E-state index in [4.69, 9.17) is 38.9 Å². The van der Waals surface area contributed by atoms with Crippen LogP contribution in [-0.4, -0.2) is 39.5 Å². The van der Waals surface area contributed by atoms with Gasteiger partial charge in [0.15, 0.2) is 0 Å². The average Bonchev–Trinajstić information content (AvgIpc) is 0.777. The molecule has 0 unspecified atom stereocenters. The lowest BCUT2D eigenvalue weighted by atomic mass is 9.84. The summed E-state index contributed by atoms with van der Waals surface area (Å²) in [7, 11) is 6.79. The highest BCUT2D eigenvalue weighted by Crippen LogP contribution is 2.46. The molecule has 0 aliphatic heterocycles. The summed E-state index contributed by atoms with van der Waals surface area (Å²) in [6.07, 6.45) is 15.3. The van der Waals surface area contributed by atoms with E-state index in [-0.39, 0.29) is 6.61 Å². The minimum atomic E-state index is -0.526. The molecule has 0 radical (unpaired) electrons. The van der Waals surface area contributed by atoms with Gasteiger partial charge >= 0.3 is 0 Å². The molecule has 15 rings (SSSR count). The number of aryl methyl sites for hydroxylation is 3. The van der Waals surface area contributed by atoms with Gasteiger partial charge < -0.3 is 44.0 Å². The number of hydrogen-bond donors (Lipinski definition) is 2. The van der Waals surface area contributed by atoms with Gasteiger partial charge in [-0.2, -0.15) is 0 Å². The number of amides is 1. The van der Waals surface area contributed by atoms with E-state index in [0.717, 1.165) is 196 Å². The van der Waals surface area contributed by atoms with Gasteiger partial charge in [-0.25, -0.2) is 0 Å². The van der Waals surface area contributed by atoms with Crippen molar-refractivity contribution in [3.05, 3.63) is 550 Å². The summed E-state index contributed by atoms with van der Waals surface area (Å²) in [6, 6.07) is 118. The molecular weight excluding hydrogens is 1640 g/mol. The van der Waals surface area contributed by atoms with Gasteiger partial charge in [0.05, 0.1) is 40.6 Å². The Morgan fingerprint density at radius 3 is 0.767 bits per heavy atom. The van der Waals surface area contributed by atoms with Gasteiger partial charge in [0.1, 0.15) is 57.5 Å². The maximum Gasteiger partial charge on any atom is 0.252 e.